The van der Waals surface area contributed by atoms with E-state index >= 15 is 0 Å². The smallest absolute Gasteiger partial charge is 0.271 e. The maximum absolute atomic E-state index is 12.7. The van der Waals surface area contributed by atoms with Gasteiger partial charge in [0.25, 0.3) is 11.8 Å². The largest absolute Gasteiger partial charge is 0.493 e. The van der Waals surface area contributed by atoms with Crippen molar-refractivity contribution in [2.24, 2.45) is 5.10 Å². The third kappa shape index (κ3) is 6.47. The van der Waals surface area contributed by atoms with Crippen LogP contribution in [-0.4, -0.2) is 36.3 Å². The third-order valence-electron chi connectivity index (χ3n) is 5.90. The van der Waals surface area contributed by atoms with Crippen LogP contribution in [0, 0.1) is 20.8 Å². The maximum atomic E-state index is 12.7. The summed E-state index contributed by atoms with van der Waals surface area (Å²) >= 11 is 0. The predicted octanol–water partition coefficient (Wildman–Crippen LogP) is 5.19. The number of anilines is 1. The number of ether oxygens (including phenoxy) is 2. The van der Waals surface area contributed by atoms with E-state index in [0.29, 0.717) is 28.3 Å². The van der Waals surface area contributed by atoms with E-state index in [1.54, 1.807) is 24.3 Å². The van der Waals surface area contributed by atoms with Crippen molar-refractivity contribution in [3.8, 4) is 17.2 Å². The third-order valence-corrected chi connectivity index (χ3v) is 5.90. The summed E-state index contributed by atoms with van der Waals surface area (Å²) in [5.74, 6) is 0.251. The van der Waals surface area contributed by atoms with Crippen molar-refractivity contribution in [1.82, 2.24) is 9.99 Å². The van der Waals surface area contributed by atoms with Crippen LogP contribution in [0.2, 0.25) is 0 Å². The van der Waals surface area contributed by atoms with Crippen LogP contribution in [0.1, 0.15) is 32.9 Å². The molecule has 194 valence electrons. The Balaban J connectivity index is 1.35. The van der Waals surface area contributed by atoms with Crippen LogP contribution in [0.15, 0.2) is 84.0 Å². The zero-order valence-corrected chi connectivity index (χ0v) is 21.8. The number of carbonyl (C=O) groups excluding carboxylic acids is 2. The molecule has 38 heavy (non-hydrogen) atoms. The minimum Gasteiger partial charge on any atom is -0.493 e. The lowest BCUT2D eigenvalue weighted by atomic mass is 10.2. The molecule has 1 aromatic heterocycles. The lowest BCUT2D eigenvalue weighted by molar-refractivity contribution is -0.118. The average molecular weight is 511 g/mol. The van der Waals surface area contributed by atoms with Crippen molar-refractivity contribution in [2.75, 3.05) is 19.0 Å². The second-order valence-electron chi connectivity index (χ2n) is 8.81. The van der Waals surface area contributed by atoms with Crippen LogP contribution < -0.4 is 20.2 Å². The number of benzene rings is 3. The Hall–Kier alpha value is -4.85. The van der Waals surface area contributed by atoms with Gasteiger partial charge in [0.1, 0.15) is 0 Å². The highest BCUT2D eigenvalue weighted by atomic mass is 16.5. The molecule has 0 bridgehead atoms. The van der Waals surface area contributed by atoms with Crippen molar-refractivity contribution in [3.05, 3.63) is 107 Å². The van der Waals surface area contributed by atoms with Crippen molar-refractivity contribution < 1.29 is 19.1 Å². The van der Waals surface area contributed by atoms with Gasteiger partial charge in [0, 0.05) is 28.3 Å². The summed E-state index contributed by atoms with van der Waals surface area (Å²) in [5.41, 5.74) is 8.65. The Morgan fingerprint density at radius 3 is 2.34 bits per heavy atom. The van der Waals surface area contributed by atoms with Gasteiger partial charge in [-0.1, -0.05) is 23.8 Å². The SMILES string of the molecule is COc1cc(/C=N/NC(=O)c2cccc(-n3c(C)ccc3C)c2)ccc1OCC(=O)Nc1ccc(C)cc1. The minimum absolute atomic E-state index is 0.172. The predicted molar refractivity (Wildman–Crippen MR) is 149 cm³/mol. The molecule has 4 rings (SSSR count). The molecule has 0 fully saturated rings. The number of carbonyl (C=O) groups is 2. The summed E-state index contributed by atoms with van der Waals surface area (Å²) < 4.78 is 13.1. The van der Waals surface area contributed by atoms with Crippen LogP contribution in [0.4, 0.5) is 5.69 Å². The fourth-order valence-electron chi connectivity index (χ4n) is 3.95. The number of aromatic nitrogens is 1. The van der Waals surface area contributed by atoms with Gasteiger partial charge in [0.2, 0.25) is 0 Å². The van der Waals surface area contributed by atoms with Gasteiger partial charge in [-0.05, 0) is 87.0 Å². The van der Waals surface area contributed by atoms with Crippen molar-refractivity contribution >= 4 is 23.7 Å². The Bertz CT molecular complexity index is 1450. The van der Waals surface area contributed by atoms with Gasteiger partial charge < -0.3 is 19.4 Å². The average Bonchev–Trinajstić information content (AvgIpc) is 3.26. The summed E-state index contributed by atoms with van der Waals surface area (Å²) in [4.78, 5) is 24.9. The number of hydrogen-bond acceptors (Lipinski definition) is 5. The summed E-state index contributed by atoms with van der Waals surface area (Å²) in [6.45, 7) is 5.85. The van der Waals surface area contributed by atoms with E-state index in [0.717, 1.165) is 22.6 Å². The summed E-state index contributed by atoms with van der Waals surface area (Å²) in [5, 5.41) is 6.88. The van der Waals surface area contributed by atoms with E-state index in [9.17, 15) is 9.59 Å². The quantitative estimate of drug-likeness (QED) is 0.239. The standard InChI is InChI=1S/C30H30N4O4/c1-20-8-13-25(14-9-20)32-29(35)19-38-27-15-12-23(16-28(27)37-4)18-31-33-30(36)24-6-5-7-26(17-24)34-21(2)10-11-22(34)3/h5-18H,19H2,1-4H3,(H,32,35)(H,33,36)/b31-18+. The van der Waals surface area contributed by atoms with Crippen LogP contribution in [0.3, 0.4) is 0 Å². The fourth-order valence-corrected chi connectivity index (χ4v) is 3.95. The zero-order valence-electron chi connectivity index (χ0n) is 21.8. The van der Waals surface area contributed by atoms with E-state index in [1.807, 2.05) is 75.4 Å². The van der Waals surface area contributed by atoms with Crippen molar-refractivity contribution in [1.29, 1.82) is 0 Å². The maximum Gasteiger partial charge on any atom is 0.271 e. The number of hydrazone groups is 1. The molecule has 0 aliphatic heterocycles. The van der Waals surface area contributed by atoms with Crippen LogP contribution >= 0.6 is 0 Å². The second-order valence-corrected chi connectivity index (χ2v) is 8.81. The molecule has 4 aromatic rings. The van der Waals surface area contributed by atoms with Gasteiger partial charge in [0.15, 0.2) is 18.1 Å². The van der Waals surface area contributed by atoms with Gasteiger partial charge in [-0.15, -0.1) is 0 Å². The molecule has 0 aliphatic carbocycles. The highest BCUT2D eigenvalue weighted by Gasteiger charge is 2.11. The van der Waals surface area contributed by atoms with Gasteiger partial charge >= 0.3 is 0 Å². The van der Waals surface area contributed by atoms with Gasteiger partial charge in [-0.3, -0.25) is 9.59 Å². The number of nitrogens with zero attached hydrogens (tertiary/aromatic N) is 2. The molecule has 2 N–H and O–H groups in total. The van der Waals surface area contributed by atoms with E-state index < -0.39 is 0 Å². The first-order valence-electron chi connectivity index (χ1n) is 12.1. The summed E-state index contributed by atoms with van der Waals surface area (Å²) in [6.07, 6.45) is 1.51. The van der Waals surface area contributed by atoms with Gasteiger partial charge in [-0.2, -0.15) is 5.10 Å². The number of amides is 2. The highest BCUT2D eigenvalue weighted by molar-refractivity contribution is 5.95. The minimum atomic E-state index is -0.322. The molecule has 8 nitrogen and oxygen atoms in total. The Morgan fingerprint density at radius 1 is 0.895 bits per heavy atom. The number of nitrogens with one attached hydrogen (secondary N) is 2. The molecule has 8 heteroatoms. The van der Waals surface area contributed by atoms with Crippen molar-refractivity contribution in [3.63, 3.8) is 0 Å². The number of hydrogen-bond donors (Lipinski definition) is 2. The first kappa shape index (κ1) is 26.2. The first-order valence-corrected chi connectivity index (χ1v) is 12.1. The van der Waals surface area contributed by atoms with Crippen LogP contribution in [0.5, 0.6) is 11.5 Å². The molecule has 0 saturated heterocycles. The number of rotatable bonds is 9. The lowest BCUT2D eigenvalue weighted by Crippen LogP contribution is -2.20. The summed E-state index contributed by atoms with van der Waals surface area (Å²) in [6, 6.07) is 24.1. The molecule has 0 aliphatic rings. The number of aryl methyl sites for hydroxylation is 3. The van der Waals surface area contributed by atoms with Gasteiger partial charge in [0.05, 0.1) is 13.3 Å². The van der Waals surface area contributed by atoms with Crippen LogP contribution in [0.25, 0.3) is 5.69 Å². The van der Waals surface area contributed by atoms with Gasteiger partial charge in [-0.25, -0.2) is 5.43 Å². The lowest BCUT2D eigenvalue weighted by Gasteiger charge is -2.12. The number of methoxy groups -OCH3 is 1. The molecular formula is C30H30N4O4. The first-order chi connectivity index (χ1) is 18.3. The molecule has 0 atom stereocenters. The molecule has 0 unspecified atom stereocenters. The normalized spacial score (nSPS) is 10.8. The molecule has 3 aromatic carbocycles. The Labute approximate surface area is 221 Å². The zero-order chi connectivity index (χ0) is 27.1. The summed E-state index contributed by atoms with van der Waals surface area (Å²) in [7, 11) is 1.51. The van der Waals surface area contributed by atoms with E-state index in [-0.39, 0.29) is 18.4 Å². The molecule has 1 heterocycles. The monoisotopic (exact) mass is 510 g/mol. The Morgan fingerprint density at radius 2 is 1.63 bits per heavy atom. The molecule has 0 radical (unpaired) electrons. The molecular weight excluding hydrogens is 480 g/mol. The van der Waals surface area contributed by atoms with E-state index in [4.69, 9.17) is 9.47 Å². The highest BCUT2D eigenvalue weighted by Crippen LogP contribution is 2.27. The van der Waals surface area contributed by atoms with Crippen LogP contribution in [-0.2, 0) is 4.79 Å². The topological polar surface area (TPSA) is 93.9 Å². The molecule has 2 amide bonds. The van der Waals surface area contributed by atoms with E-state index in [1.165, 1.54) is 13.3 Å². The van der Waals surface area contributed by atoms with E-state index in [2.05, 4.69) is 20.4 Å². The second kappa shape index (κ2) is 11.9. The fraction of sp³-hybridized carbons (Fsp3) is 0.167. The van der Waals surface area contributed by atoms with Crippen molar-refractivity contribution in [2.45, 2.75) is 20.8 Å². The Kier molecular flexibility index (Phi) is 8.23. The molecule has 0 saturated carbocycles. The molecule has 0 spiro atoms.